The molecule has 8 nitrogen and oxygen atoms in total. The van der Waals surface area contributed by atoms with Gasteiger partial charge in [0.05, 0.1) is 30.9 Å². The molecule has 0 amide bonds. The second-order valence-corrected chi connectivity index (χ2v) is 10.4. The SMILES string of the molecule is COc1ccc(CNC(CCCCB2OC(C)(C)C(C)(C)O2)c2nnnn2Cc2ccccc2)cc1. The van der Waals surface area contributed by atoms with Gasteiger partial charge in [-0.05, 0) is 74.1 Å². The fraction of sp³-hybridized carbons (Fsp3) is 0.519. The van der Waals surface area contributed by atoms with Crippen LogP contribution in [0.2, 0.25) is 6.32 Å². The summed E-state index contributed by atoms with van der Waals surface area (Å²) in [6.07, 6.45) is 3.78. The largest absolute Gasteiger partial charge is 0.497 e. The molecule has 9 heteroatoms. The van der Waals surface area contributed by atoms with Crippen LogP contribution >= 0.6 is 0 Å². The molecule has 0 radical (unpaired) electrons. The maximum atomic E-state index is 6.17. The minimum absolute atomic E-state index is 0.0177. The van der Waals surface area contributed by atoms with E-state index in [1.54, 1.807) is 7.11 Å². The van der Waals surface area contributed by atoms with Crippen LogP contribution < -0.4 is 10.1 Å². The Morgan fingerprint density at radius 1 is 0.944 bits per heavy atom. The van der Waals surface area contributed by atoms with Gasteiger partial charge in [-0.3, -0.25) is 0 Å². The molecule has 1 saturated heterocycles. The Morgan fingerprint density at radius 3 is 2.31 bits per heavy atom. The number of hydrogen-bond donors (Lipinski definition) is 1. The fourth-order valence-corrected chi connectivity index (χ4v) is 4.38. The summed E-state index contributed by atoms with van der Waals surface area (Å²) in [7, 11) is 1.52. The van der Waals surface area contributed by atoms with Gasteiger partial charge in [0.25, 0.3) is 0 Å². The highest BCUT2D eigenvalue weighted by molar-refractivity contribution is 6.45. The molecule has 1 unspecified atom stereocenters. The molecule has 192 valence electrons. The zero-order valence-electron chi connectivity index (χ0n) is 22.1. The quantitative estimate of drug-likeness (QED) is 0.287. The maximum absolute atomic E-state index is 6.17. The smallest absolute Gasteiger partial charge is 0.457 e. The summed E-state index contributed by atoms with van der Waals surface area (Å²) in [6.45, 7) is 9.73. The van der Waals surface area contributed by atoms with Crippen molar-refractivity contribution >= 4 is 7.12 Å². The van der Waals surface area contributed by atoms with Crippen LogP contribution in [0.25, 0.3) is 0 Å². The monoisotopic (exact) mass is 491 g/mol. The average molecular weight is 491 g/mol. The summed E-state index contributed by atoms with van der Waals surface area (Å²) in [5.74, 6) is 1.70. The zero-order chi connectivity index (χ0) is 25.6. The van der Waals surface area contributed by atoms with Crippen molar-refractivity contribution in [2.75, 3.05) is 7.11 Å². The first-order chi connectivity index (χ1) is 17.3. The van der Waals surface area contributed by atoms with Crippen LogP contribution in [-0.4, -0.2) is 45.6 Å². The standard InChI is InChI=1S/C27H38BN5O3/c1-26(2)27(3,4)36-28(35-26)18-10-9-13-24(29-19-21-14-16-23(34-5)17-15-21)25-30-31-32-33(25)20-22-11-7-6-8-12-22/h6-8,11-12,14-17,24,29H,9-10,13,18-20H2,1-5H3. The lowest BCUT2D eigenvalue weighted by molar-refractivity contribution is 0.00578. The van der Waals surface area contributed by atoms with Crippen LogP contribution in [0, 0.1) is 0 Å². The summed E-state index contributed by atoms with van der Waals surface area (Å²) in [5, 5.41) is 16.4. The van der Waals surface area contributed by atoms with Gasteiger partial charge in [0.1, 0.15) is 5.75 Å². The Kier molecular flexibility index (Phi) is 8.44. The minimum Gasteiger partial charge on any atom is -0.497 e. The molecule has 0 spiro atoms. The molecule has 36 heavy (non-hydrogen) atoms. The van der Waals surface area contributed by atoms with Crippen LogP contribution in [0.1, 0.15) is 70.0 Å². The summed E-state index contributed by atoms with van der Waals surface area (Å²) in [6, 6.07) is 18.4. The van der Waals surface area contributed by atoms with E-state index in [4.69, 9.17) is 14.0 Å². The van der Waals surface area contributed by atoms with Crippen molar-refractivity contribution in [3.05, 3.63) is 71.5 Å². The van der Waals surface area contributed by atoms with Crippen molar-refractivity contribution in [2.45, 2.75) is 83.6 Å². The number of tetrazole rings is 1. The number of nitrogens with one attached hydrogen (secondary N) is 1. The number of unbranched alkanes of at least 4 members (excludes halogenated alkanes) is 1. The Morgan fingerprint density at radius 2 is 1.64 bits per heavy atom. The zero-order valence-corrected chi connectivity index (χ0v) is 22.1. The third-order valence-corrected chi connectivity index (χ3v) is 7.24. The highest BCUT2D eigenvalue weighted by Crippen LogP contribution is 2.38. The summed E-state index contributed by atoms with van der Waals surface area (Å²) in [4.78, 5) is 0. The van der Waals surface area contributed by atoms with Crippen molar-refractivity contribution in [1.29, 1.82) is 0 Å². The van der Waals surface area contributed by atoms with Crippen molar-refractivity contribution in [3.8, 4) is 5.75 Å². The number of aromatic nitrogens is 4. The van der Waals surface area contributed by atoms with Gasteiger partial charge in [-0.2, -0.15) is 0 Å². The summed E-state index contributed by atoms with van der Waals surface area (Å²) in [5.41, 5.74) is 1.76. The maximum Gasteiger partial charge on any atom is 0.457 e. The predicted molar refractivity (Wildman–Crippen MR) is 141 cm³/mol. The number of rotatable bonds is 12. The first kappa shape index (κ1) is 26.3. The van der Waals surface area contributed by atoms with Crippen molar-refractivity contribution in [1.82, 2.24) is 25.5 Å². The first-order valence-corrected chi connectivity index (χ1v) is 12.8. The van der Waals surface area contributed by atoms with Gasteiger partial charge in [0.2, 0.25) is 0 Å². The van der Waals surface area contributed by atoms with E-state index in [0.717, 1.165) is 37.2 Å². The molecule has 0 bridgehead atoms. The highest BCUT2D eigenvalue weighted by Gasteiger charge is 2.50. The summed E-state index contributed by atoms with van der Waals surface area (Å²) < 4.78 is 19.5. The third kappa shape index (κ3) is 6.52. The van der Waals surface area contributed by atoms with Gasteiger partial charge in [-0.25, -0.2) is 4.68 Å². The molecule has 0 saturated carbocycles. The number of hydrogen-bond acceptors (Lipinski definition) is 7. The van der Waals surface area contributed by atoms with Gasteiger partial charge < -0.3 is 19.4 Å². The average Bonchev–Trinajstić information content (AvgIpc) is 3.39. The minimum atomic E-state index is -0.292. The summed E-state index contributed by atoms with van der Waals surface area (Å²) >= 11 is 0. The van der Waals surface area contributed by atoms with E-state index >= 15 is 0 Å². The Hall–Kier alpha value is -2.75. The molecular formula is C27H38BN5O3. The lowest BCUT2D eigenvalue weighted by Gasteiger charge is -2.32. The fourth-order valence-electron chi connectivity index (χ4n) is 4.38. The Bertz CT molecular complexity index is 1070. The van der Waals surface area contributed by atoms with Crippen molar-refractivity contribution in [3.63, 3.8) is 0 Å². The van der Waals surface area contributed by atoms with E-state index in [2.05, 4.69) is 72.8 Å². The molecule has 2 heterocycles. The highest BCUT2D eigenvalue weighted by atomic mass is 16.7. The van der Waals surface area contributed by atoms with Crippen LogP contribution in [0.4, 0.5) is 0 Å². The topological polar surface area (TPSA) is 83.3 Å². The van der Waals surface area contributed by atoms with Crippen LogP contribution in [0.5, 0.6) is 5.75 Å². The Balaban J connectivity index is 1.39. The van der Waals surface area contributed by atoms with Gasteiger partial charge >= 0.3 is 7.12 Å². The van der Waals surface area contributed by atoms with E-state index < -0.39 is 0 Å². The lowest BCUT2D eigenvalue weighted by atomic mass is 9.82. The van der Waals surface area contributed by atoms with E-state index in [0.29, 0.717) is 13.1 Å². The molecule has 1 atom stereocenters. The van der Waals surface area contributed by atoms with E-state index in [9.17, 15) is 0 Å². The predicted octanol–water partition coefficient (Wildman–Crippen LogP) is 4.82. The van der Waals surface area contributed by atoms with Gasteiger partial charge in [0.15, 0.2) is 5.82 Å². The lowest BCUT2D eigenvalue weighted by Crippen LogP contribution is -2.41. The molecule has 1 aliphatic rings. The number of nitrogens with zero attached hydrogens (tertiary/aromatic N) is 4. The second kappa shape index (κ2) is 11.5. The van der Waals surface area contributed by atoms with Gasteiger partial charge in [-0.1, -0.05) is 55.3 Å². The molecule has 3 aromatic rings. The van der Waals surface area contributed by atoms with E-state index in [-0.39, 0.29) is 24.4 Å². The molecule has 1 N–H and O–H groups in total. The molecule has 1 aromatic heterocycles. The molecule has 0 aliphatic carbocycles. The third-order valence-electron chi connectivity index (χ3n) is 7.24. The molecule has 1 fully saturated rings. The van der Waals surface area contributed by atoms with Crippen LogP contribution in [-0.2, 0) is 22.4 Å². The van der Waals surface area contributed by atoms with Crippen molar-refractivity contribution in [2.24, 2.45) is 0 Å². The van der Waals surface area contributed by atoms with Crippen LogP contribution in [0.3, 0.4) is 0 Å². The van der Waals surface area contributed by atoms with E-state index in [1.165, 1.54) is 11.1 Å². The number of methoxy groups -OCH3 is 1. The normalized spacial score (nSPS) is 17.3. The number of benzene rings is 2. The molecular weight excluding hydrogens is 453 g/mol. The van der Waals surface area contributed by atoms with E-state index in [1.807, 2.05) is 35.0 Å². The number of ether oxygens (including phenoxy) is 1. The van der Waals surface area contributed by atoms with Crippen LogP contribution in [0.15, 0.2) is 54.6 Å². The Labute approximate surface area is 214 Å². The van der Waals surface area contributed by atoms with Gasteiger partial charge in [-0.15, -0.1) is 5.10 Å². The molecule has 4 rings (SSSR count). The molecule has 1 aliphatic heterocycles. The first-order valence-electron chi connectivity index (χ1n) is 12.8. The molecule has 2 aromatic carbocycles. The second-order valence-electron chi connectivity index (χ2n) is 10.4. The van der Waals surface area contributed by atoms with Crippen molar-refractivity contribution < 1.29 is 14.0 Å². The van der Waals surface area contributed by atoms with Gasteiger partial charge in [0, 0.05) is 6.54 Å².